The van der Waals surface area contributed by atoms with Crippen LogP contribution in [0.4, 0.5) is 0 Å². The summed E-state index contributed by atoms with van der Waals surface area (Å²) < 4.78 is 26.7. The van der Waals surface area contributed by atoms with Gasteiger partial charge in [0, 0.05) is 23.2 Å². The first-order valence-electron chi connectivity index (χ1n) is 8.40. The summed E-state index contributed by atoms with van der Waals surface area (Å²) in [6.07, 6.45) is 6.18. The van der Waals surface area contributed by atoms with Gasteiger partial charge in [-0.05, 0) is 54.5 Å². The average Bonchev–Trinajstić information content (AvgIpc) is 2.60. The van der Waals surface area contributed by atoms with Crippen molar-refractivity contribution in [1.82, 2.24) is 4.98 Å². The van der Waals surface area contributed by atoms with Gasteiger partial charge in [-0.25, -0.2) is 0 Å². The van der Waals surface area contributed by atoms with E-state index in [0.717, 1.165) is 18.4 Å². The monoisotopic (exact) mass is 370 g/mol. The van der Waals surface area contributed by atoms with Crippen LogP contribution >= 0.6 is 0 Å². The number of benzene rings is 2. The second kappa shape index (κ2) is 6.26. The molecular weight excluding hydrogens is 352 g/mol. The lowest BCUT2D eigenvalue weighted by atomic mass is 9.89. The number of fused-ring (bicyclic) bond motifs is 2. The average molecular weight is 370 g/mol. The van der Waals surface area contributed by atoms with Crippen molar-refractivity contribution >= 4 is 21.2 Å². The molecule has 3 N–H and O–H groups in total. The molecule has 2 aromatic carbocycles. The maximum atomic E-state index is 12.9. The summed E-state index contributed by atoms with van der Waals surface area (Å²) in [4.78, 5) is 15.9. The van der Waals surface area contributed by atoms with E-state index in [0.29, 0.717) is 16.5 Å². The van der Waals surface area contributed by atoms with Gasteiger partial charge < -0.3 is 9.17 Å². The minimum absolute atomic E-state index is 0.0529. The summed E-state index contributed by atoms with van der Waals surface area (Å²) in [6.45, 7) is 0. The Kier molecular flexibility index (Phi) is 4.05. The normalized spacial score (nSPS) is 14.2. The molecule has 1 aromatic heterocycles. The lowest BCUT2D eigenvalue weighted by molar-refractivity contribution is 0.488. The molecule has 0 fully saturated rings. The van der Waals surface area contributed by atoms with Crippen molar-refractivity contribution < 1.29 is 12.6 Å². The number of rotatable bonds is 3. The summed E-state index contributed by atoms with van der Waals surface area (Å²) in [5, 5.41) is 5.34. The largest absolute Gasteiger partial charge is 0.380 e. The maximum absolute atomic E-state index is 12.9. The highest BCUT2D eigenvalue weighted by molar-refractivity contribution is 7.84. The number of nitrogens with one attached hydrogen (secondary N) is 1. The zero-order valence-corrected chi connectivity index (χ0v) is 14.8. The van der Waals surface area contributed by atoms with Gasteiger partial charge >= 0.3 is 10.3 Å². The molecule has 26 heavy (non-hydrogen) atoms. The van der Waals surface area contributed by atoms with Crippen molar-refractivity contribution in [3.63, 3.8) is 0 Å². The standard InChI is InChI=1S/C19H18N2O4S/c20-26(23,24)25-15-7-8-16-18(10-15)21-11-17(19(16)22)14-6-5-12-3-1-2-4-13(12)9-14/h5-11H,1-4H2,(H,21,22)(H2,20,23,24). The first-order valence-corrected chi connectivity index (χ1v) is 9.88. The lowest BCUT2D eigenvalue weighted by Crippen LogP contribution is -2.19. The molecule has 1 aliphatic rings. The second-order valence-electron chi connectivity index (χ2n) is 6.51. The van der Waals surface area contributed by atoms with Gasteiger partial charge in [0.05, 0.1) is 5.52 Å². The minimum atomic E-state index is -4.11. The van der Waals surface area contributed by atoms with Crippen molar-refractivity contribution in [1.29, 1.82) is 0 Å². The van der Waals surface area contributed by atoms with E-state index in [1.165, 1.54) is 42.2 Å². The Bertz CT molecular complexity index is 1170. The molecule has 0 unspecified atom stereocenters. The molecule has 0 atom stereocenters. The first-order chi connectivity index (χ1) is 12.4. The quantitative estimate of drug-likeness (QED) is 0.740. The fourth-order valence-corrected chi connectivity index (χ4v) is 3.87. The molecular formula is C19H18N2O4S. The van der Waals surface area contributed by atoms with Gasteiger partial charge in [0.2, 0.25) is 0 Å². The molecule has 6 nitrogen and oxygen atoms in total. The Hall–Kier alpha value is -2.64. The third-order valence-electron chi connectivity index (χ3n) is 4.72. The molecule has 3 aromatic rings. The zero-order chi connectivity index (χ0) is 18.3. The van der Waals surface area contributed by atoms with E-state index in [1.54, 1.807) is 6.20 Å². The van der Waals surface area contributed by atoms with Crippen LogP contribution < -0.4 is 14.8 Å². The lowest BCUT2D eigenvalue weighted by Gasteiger charge is -2.16. The van der Waals surface area contributed by atoms with Crippen LogP contribution in [0.15, 0.2) is 47.4 Å². The van der Waals surface area contributed by atoms with Gasteiger partial charge in [0.15, 0.2) is 5.43 Å². The van der Waals surface area contributed by atoms with Crippen LogP contribution in [0.5, 0.6) is 5.75 Å². The van der Waals surface area contributed by atoms with Gasteiger partial charge in [-0.2, -0.15) is 13.6 Å². The van der Waals surface area contributed by atoms with Gasteiger partial charge in [0.1, 0.15) is 5.75 Å². The number of aryl methyl sites for hydroxylation is 2. The smallest absolute Gasteiger partial charge is 0.371 e. The van der Waals surface area contributed by atoms with E-state index >= 15 is 0 Å². The van der Waals surface area contributed by atoms with Crippen molar-refractivity contribution in [3.8, 4) is 16.9 Å². The Morgan fingerprint density at radius 1 is 1.00 bits per heavy atom. The molecule has 4 rings (SSSR count). The summed E-state index contributed by atoms with van der Waals surface area (Å²) >= 11 is 0. The molecule has 0 aliphatic heterocycles. The summed E-state index contributed by atoms with van der Waals surface area (Å²) in [6, 6.07) is 10.6. The molecule has 0 spiro atoms. The van der Waals surface area contributed by atoms with Crippen molar-refractivity contribution in [2.45, 2.75) is 25.7 Å². The molecule has 1 aliphatic carbocycles. The van der Waals surface area contributed by atoms with Gasteiger partial charge in [-0.15, -0.1) is 0 Å². The Balaban J connectivity index is 1.79. The van der Waals surface area contributed by atoms with Crippen LogP contribution in [-0.4, -0.2) is 13.4 Å². The fraction of sp³-hybridized carbons (Fsp3) is 0.211. The third-order valence-corrected chi connectivity index (χ3v) is 5.15. The second-order valence-corrected chi connectivity index (χ2v) is 7.66. The van der Waals surface area contributed by atoms with Crippen LogP contribution in [0.25, 0.3) is 22.0 Å². The SMILES string of the molecule is NS(=O)(=O)Oc1ccc2c(=O)c(-c3ccc4c(c3)CCCC4)c[nH]c2c1. The van der Waals surface area contributed by atoms with Gasteiger partial charge in [-0.3, -0.25) is 4.79 Å². The Labute approximate surface area is 150 Å². The third kappa shape index (κ3) is 3.23. The predicted molar refractivity (Wildman–Crippen MR) is 100 cm³/mol. The topological polar surface area (TPSA) is 102 Å². The van der Waals surface area contributed by atoms with Crippen LogP contribution in [-0.2, 0) is 23.1 Å². The number of hydrogen-bond acceptors (Lipinski definition) is 4. The van der Waals surface area contributed by atoms with Crippen molar-refractivity contribution in [3.05, 3.63) is 63.9 Å². The maximum Gasteiger partial charge on any atom is 0.380 e. The highest BCUT2D eigenvalue weighted by atomic mass is 32.2. The van der Waals surface area contributed by atoms with Crippen molar-refractivity contribution in [2.75, 3.05) is 0 Å². The molecule has 0 saturated carbocycles. The number of pyridine rings is 1. The number of aromatic amines is 1. The van der Waals surface area contributed by atoms with E-state index in [1.807, 2.05) is 6.07 Å². The van der Waals surface area contributed by atoms with E-state index in [4.69, 9.17) is 5.14 Å². The van der Waals surface area contributed by atoms with E-state index in [-0.39, 0.29) is 11.2 Å². The van der Waals surface area contributed by atoms with Gasteiger partial charge in [-0.1, -0.05) is 18.2 Å². The number of nitrogens with two attached hydrogens (primary N) is 1. The van der Waals surface area contributed by atoms with Crippen LogP contribution in [0.2, 0.25) is 0 Å². The molecule has 0 bridgehead atoms. The molecule has 134 valence electrons. The van der Waals surface area contributed by atoms with Crippen LogP contribution in [0, 0.1) is 0 Å². The zero-order valence-electron chi connectivity index (χ0n) is 14.0. The van der Waals surface area contributed by atoms with Gasteiger partial charge in [0.25, 0.3) is 0 Å². The number of hydrogen-bond donors (Lipinski definition) is 2. The van der Waals surface area contributed by atoms with E-state index in [2.05, 4.69) is 21.3 Å². The first kappa shape index (κ1) is 16.8. The highest BCUT2D eigenvalue weighted by Crippen LogP contribution is 2.27. The number of H-pyrrole nitrogens is 1. The molecule has 0 amide bonds. The summed E-state index contributed by atoms with van der Waals surface area (Å²) in [5.41, 5.74) is 4.52. The molecule has 7 heteroatoms. The van der Waals surface area contributed by atoms with E-state index in [9.17, 15) is 13.2 Å². The predicted octanol–water partition coefficient (Wildman–Crippen LogP) is 2.66. The number of aromatic nitrogens is 1. The Morgan fingerprint density at radius 3 is 2.54 bits per heavy atom. The fourth-order valence-electron chi connectivity index (χ4n) is 3.50. The molecule has 0 saturated heterocycles. The summed E-state index contributed by atoms with van der Waals surface area (Å²) in [5.74, 6) is 0.0529. The van der Waals surface area contributed by atoms with Crippen molar-refractivity contribution in [2.24, 2.45) is 5.14 Å². The van der Waals surface area contributed by atoms with Crippen LogP contribution in [0.1, 0.15) is 24.0 Å². The highest BCUT2D eigenvalue weighted by Gasteiger charge is 2.14. The Morgan fingerprint density at radius 2 is 1.77 bits per heavy atom. The van der Waals surface area contributed by atoms with Crippen LogP contribution in [0.3, 0.4) is 0 Å². The summed E-state index contributed by atoms with van der Waals surface area (Å²) in [7, 11) is -4.11. The van der Waals surface area contributed by atoms with E-state index < -0.39 is 10.3 Å². The molecule has 1 heterocycles. The minimum Gasteiger partial charge on any atom is -0.371 e. The molecule has 0 radical (unpaired) electrons.